The molecule has 104 valence electrons. The van der Waals surface area contributed by atoms with Gasteiger partial charge in [0.2, 0.25) is 0 Å². The maximum atomic E-state index is 6.02. The number of hydrogen-bond acceptors (Lipinski definition) is 4. The zero-order valence-corrected chi connectivity index (χ0v) is 12.3. The van der Waals surface area contributed by atoms with Crippen molar-refractivity contribution in [2.45, 2.75) is 0 Å². The highest BCUT2D eigenvalue weighted by atomic mass is 35.5. The van der Waals surface area contributed by atoms with Gasteiger partial charge in [-0.15, -0.1) is 10.2 Å². The molecule has 6 heteroatoms. The lowest BCUT2D eigenvalue weighted by Gasteiger charge is -2.27. The number of benzene rings is 1. The smallest absolute Gasteiger partial charge is 0.151 e. The van der Waals surface area contributed by atoms with Gasteiger partial charge in [-0.1, -0.05) is 29.3 Å². The lowest BCUT2D eigenvalue weighted by atomic mass is 10.1. The lowest BCUT2D eigenvalue weighted by molar-refractivity contribution is 0.583. The van der Waals surface area contributed by atoms with Crippen molar-refractivity contribution in [2.75, 3.05) is 31.1 Å². The molecule has 20 heavy (non-hydrogen) atoms. The molecule has 0 amide bonds. The molecule has 1 aliphatic heterocycles. The minimum absolute atomic E-state index is 0.525. The Balaban J connectivity index is 1.83. The van der Waals surface area contributed by atoms with Gasteiger partial charge >= 0.3 is 0 Å². The van der Waals surface area contributed by atoms with Crippen molar-refractivity contribution in [2.24, 2.45) is 0 Å². The van der Waals surface area contributed by atoms with E-state index in [1.807, 2.05) is 18.2 Å². The van der Waals surface area contributed by atoms with E-state index in [0.717, 1.165) is 43.3 Å². The summed E-state index contributed by atoms with van der Waals surface area (Å²) in [6, 6.07) is 9.42. The van der Waals surface area contributed by atoms with Crippen LogP contribution >= 0.6 is 23.2 Å². The Labute approximate surface area is 127 Å². The molecule has 2 heterocycles. The summed E-state index contributed by atoms with van der Waals surface area (Å²) >= 11 is 11.9. The Bertz CT molecular complexity index is 595. The molecule has 4 nitrogen and oxygen atoms in total. The van der Waals surface area contributed by atoms with E-state index in [1.54, 1.807) is 12.1 Å². The summed E-state index contributed by atoms with van der Waals surface area (Å²) < 4.78 is 0. The fraction of sp³-hybridized carbons (Fsp3) is 0.286. The number of piperazine rings is 1. The Morgan fingerprint density at radius 3 is 2.40 bits per heavy atom. The van der Waals surface area contributed by atoms with E-state index >= 15 is 0 Å². The van der Waals surface area contributed by atoms with Gasteiger partial charge in [0, 0.05) is 31.7 Å². The summed E-state index contributed by atoms with van der Waals surface area (Å²) in [6.07, 6.45) is 0. The normalized spacial score (nSPS) is 15.4. The van der Waals surface area contributed by atoms with Gasteiger partial charge in [-0.05, 0) is 24.3 Å². The number of anilines is 1. The molecule has 1 aliphatic rings. The van der Waals surface area contributed by atoms with Crippen LogP contribution in [0.5, 0.6) is 0 Å². The van der Waals surface area contributed by atoms with Crippen LogP contribution in [0.3, 0.4) is 0 Å². The Hall–Kier alpha value is -1.36. The summed E-state index contributed by atoms with van der Waals surface area (Å²) in [6.45, 7) is 3.88. The molecule has 0 radical (unpaired) electrons. The molecule has 1 fully saturated rings. The molecule has 0 spiro atoms. The topological polar surface area (TPSA) is 41.0 Å². The molecule has 2 aromatic rings. The maximum absolute atomic E-state index is 6.02. The first kappa shape index (κ1) is 13.6. The highest BCUT2D eigenvalue weighted by Gasteiger charge is 2.12. The number of aromatic nitrogens is 2. The number of hydrogen-bond donors (Lipinski definition) is 1. The first-order valence-electron chi connectivity index (χ1n) is 6.49. The highest BCUT2D eigenvalue weighted by molar-refractivity contribution is 6.42. The summed E-state index contributed by atoms with van der Waals surface area (Å²) in [5, 5.41) is 13.0. The van der Waals surface area contributed by atoms with Gasteiger partial charge in [0.25, 0.3) is 0 Å². The summed E-state index contributed by atoms with van der Waals surface area (Å²) in [5.74, 6) is 0.912. The van der Waals surface area contributed by atoms with Gasteiger partial charge in [-0.25, -0.2) is 0 Å². The maximum Gasteiger partial charge on any atom is 0.151 e. The number of nitrogens with zero attached hydrogens (tertiary/aromatic N) is 3. The van der Waals surface area contributed by atoms with Crippen molar-refractivity contribution >= 4 is 29.0 Å². The van der Waals surface area contributed by atoms with Crippen molar-refractivity contribution in [3.63, 3.8) is 0 Å². The molecule has 0 bridgehead atoms. The molecule has 0 atom stereocenters. The zero-order valence-electron chi connectivity index (χ0n) is 10.8. The van der Waals surface area contributed by atoms with Crippen LogP contribution in [0, 0.1) is 0 Å². The number of rotatable bonds is 2. The van der Waals surface area contributed by atoms with Gasteiger partial charge < -0.3 is 10.2 Å². The van der Waals surface area contributed by atoms with Gasteiger partial charge in [-0.3, -0.25) is 0 Å². The van der Waals surface area contributed by atoms with Gasteiger partial charge in [-0.2, -0.15) is 0 Å². The van der Waals surface area contributed by atoms with E-state index in [-0.39, 0.29) is 0 Å². The largest absolute Gasteiger partial charge is 0.353 e. The monoisotopic (exact) mass is 308 g/mol. The van der Waals surface area contributed by atoms with Gasteiger partial charge in [0.1, 0.15) is 0 Å². The second-order valence-electron chi connectivity index (χ2n) is 4.64. The predicted molar refractivity (Wildman–Crippen MR) is 82.6 cm³/mol. The summed E-state index contributed by atoms with van der Waals surface area (Å²) in [5.41, 5.74) is 1.71. The van der Waals surface area contributed by atoms with E-state index in [2.05, 4.69) is 20.4 Å². The second kappa shape index (κ2) is 5.95. The van der Waals surface area contributed by atoms with Gasteiger partial charge in [0.05, 0.1) is 15.7 Å². The zero-order chi connectivity index (χ0) is 13.9. The number of nitrogens with one attached hydrogen (secondary N) is 1. The average Bonchev–Trinajstić information content (AvgIpc) is 2.51. The molecule has 0 saturated carbocycles. The van der Waals surface area contributed by atoms with Crippen molar-refractivity contribution in [1.29, 1.82) is 0 Å². The van der Waals surface area contributed by atoms with Crippen molar-refractivity contribution in [3.8, 4) is 11.3 Å². The molecular formula is C14H14Cl2N4. The molecule has 1 saturated heterocycles. The predicted octanol–water partition coefficient (Wildman–Crippen LogP) is 2.86. The SMILES string of the molecule is Clc1ccc(-c2ccc(N3CCNCC3)nn2)cc1Cl. The van der Waals surface area contributed by atoms with E-state index in [0.29, 0.717) is 10.0 Å². The average molecular weight is 309 g/mol. The molecular weight excluding hydrogens is 295 g/mol. The van der Waals surface area contributed by atoms with E-state index in [9.17, 15) is 0 Å². The van der Waals surface area contributed by atoms with Crippen molar-refractivity contribution in [3.05, 3.63) is 40.4 Å². The minimum Gasteiger partial charge on any atom is -0.353 e. The third-order valence-corrected chi connectivity index (χ3v) is 4.05. The second-order valence-corrected chi connectivity index (χ2v) is 5.46. The molecule has 1 aromatic heterocycles. The van der Waals surface area contributed by atoms with Crippen LogP contribution in [0.15, 0.2) is 30.3 Å². The van der Waals surface area contributed by atoms with Crippen LogP contribution in [-0.2, 0) is 0 Å². The Kier molecular flexibility index (Phi) is 4.05. The third-order valence-electron chi connectivity index (χ3n) is 3.31. The van der Waals surface area contributed by atoms with Gasteiger partial charge in [0.15, 0.2) is 5.82 Å². The molecule has 1 aromatic carbocycles. The molecule has 0 unspecified atom stereocenters. The molecule has 1 N–H and O–H groups in total. The van der Waals surface area contributed by atoms with E-state index in [4.69, 9.17) is 23.2 Å². The Morgan fingerprint density at radius 2 is 1.75 bits per heavy atom. The van der Waals surface area contributed by atoms with E-state index < -0.39 is 0 Å². The van der Waals surface area contributed by atoms with Crippen LogP contribution in [0.25, 0.3) is 11.3 Å². The third kappa shape index (κ3) is 2.87. The van der Waals surface area contributed by atoms with Crippen LogP contribution in [-0.4, -0.2) is 36.4 Å². The summed E-state index contributed by atoms with van der Waals surface area (Å²) in [7, 11) is 0. The summed E-state index contributed by atoms with van der Waals surface area (Å²) in [4.78, 5) is 2.22. The fourth-order valence-electron chi connectivity index (χ4n) is 2.20. The van der Waals surface area contributed by atoms with Crippen molar-refractivity contribution in [1.82, 2.24) is 15.5 Å². The van der Waals surface area contributed by atoms with Crippen LogP contribution in [0.2, 0.25) is 10.0 Å². The number of halogens is 2. The molecule has 0 aliphatic carbocycles. The van der Waals surface area contributed by atoms with Crippen LogP contribution < -0.4 is 10.2 Å². The fourth-order valence-corrected chi connectivity index (χ4v) is 2.50. The first-order valence-corrected chi connectivity index (χ1v) is 7.24. The lowest BCUT2D eigenvalue weighted by Crippen LogP contribution is -2.43. The highest BCUT2D eigenvalue weighted by Crippen LogP contribution is 2.27. The van der Waals surface area contributed by atoms with Crippen LogP contribution in [0.4, 0.5) is 5.82 Å². The van der Waals surface area contributed by atoms with E-state index in [1.165, 1.54) is 0 Å². The van der Waals surface area contributed by atoms with Crippen molar-refractivity contribution < 1.29 is 0 Å². The standard InChI is InChI=1S/C14H14Cl2N4/c15-11-2-1-10(9-12(11)16)13-3-4-14(19-18-13)20-7-5-17-6-8-20/h1-4,9,17H,5-8H2. The quantitative estimate of drug-likeness (QED) is 0.926. The molecule has 3 rings (SSSR count). The van der Waals surface area contributed by atoms with Crippen LogP contribution in [0.1, 0.15) is 0 Å². The minimum atomic E-state index is 0.525. The first-order chi connectivity index (χ1) is 9.74. The Morgan fingerprint density at radius 1 is 0.950 bits per heavy atom.